The van der Waals surface area contributed by atoms with Gasteiger partial charge in [-0.1, -0.05) is 26.0 Å². The molecule has 0 aliphatic carbocycles. The van der Waals surface area contributed by atoms with E-state index in [0.29, 0.717) is 36.6 Å². The Morgan fingerprint density at radius 2 is 2.05 bits per heavy atom. The lowest BCUT2D eigenvalue weighted by atomic mass is 10.0. The minimum absolute atomic E-state index is 0.363. The predicted octanol–water partition coefficient (Wildman–Crippen LogP) is 3.46. The average Bonchev–Trinajstić information content (AvgIpc) is 2.45. The van der Waals surface area contributed by atoms with Crippen LogP contribution < -0.4 is 11.1 Å². The molecule has 0 saturated heterocycles. The van der Waals surface area contributed by atoms with Crippen LogP contribution in [0, 0.1) is 0 Å². The van der Waals surface area contributed by atoms with Crippen molar-refractivity contribution in [1.82, 2.24) is 9.97 Å². The molecule has 3 N–H and O–H groups in total. The second-order valence-corrected chi connectivity index (χ2v) is 5.14. The van der Waals surface area contributed by atoms with Crippen molar-refractivity contribution < 1.29 is 4.74 Å². The molecule has 0 radical (unpaired) electrons. The predicted molar refractivity (Wildman–Crippen MR) is 85.6 cm³/mol. The van der Waals surface area contributed by atoms with Crippen molar-refractivity contribution in [2.75, 3.05) is 17.7 Å². The number of benzene rings is 1. The third-order valence-corrected chi connectivity index (χ3v) is 3.05. The molecule has 0 aliphatic rings. The van der Waals surface area contributed by atoms with Crippen molar-refractivity contribution in [3.63, 3.8) is 0 Å². The average molecular weight is 286 g/mol. The molecule has 112 valence electrons. The van der Waals surface area contributed by atoms with Crippen LogP contribution >= 0.6 is 0 Å². The Balaban J connectivity index is 2.18. The summed E-state index contributed by atoms with van der Waals surface area (Å²) in [4.78, 5) is 8.57. The van der Waals surface area contributed by atoms with Crippen molar-refractivity contribution >= 4 is 17.3 Å². The summed E-state index contributed by atoms with van der Waals surface area (Å²) in [5.41, 5.74) is 8.08. The maximum absolute atomic E-state index is 5.82. The summed E-state index contributed by atoms with van der Waals surface area (Å²) in [6, 6.07) is 9.99. The van der Waals surface area contributed by atoms with Gasteiger partial charge >= 0.3 is 0 Å². The van der Waals surface area contributed by atoms with Crippen molar-refractivity contribution in [2.24, 2.45) is 0 Å². The zero-order valence-corrected chi connectivity index (χ0v) is 12.8. The minimum atomic E-state index is 0.363. The molecule has 0 fully saturated rings. The van der Waals surface area contributed by atoms with Gasteiger partial charge < -0.3 is 15.8 Å². The third kappa shape index (κ3) is 4.43. The maximum atomic E-state index is 5.82. The highest BCUT2D eigenvalue weighted by atomic mass is 16.5. The Kier molecular flexibility index (Phi) is 5.11. The Morgan fingerprint density at radius 3 is 2.76 bits per heavy atom. The molecule has 1 aromatic heterocycles. The van der Waals surface area contributed by atoms with Crippen LogP contribution in [-0.2, 0) is 11.3 Å². The molecule has 21 heavy (non-hydrogen) atoms. The van der Waals surface area contributed by atoms with Crippen molar-refractivity contribution in [2.45, 2.75) is 33.3 Å². The van der Waals surface area contributed by atoms with Gasteiger partial charge in [0.1, 0.15) is 18.2 Å². The van der Waals surface area contributed by atoms with Gasteiger partial charge in [-0.3, -0.25) is 0 Å². The Bertz CT molecular complexity index is 599. The van der Waals surface area contributed by atoms with Crippen molar-refractivity contribution in [3.8, 4) is 0 Å². The van der Waals surface area contributed by atoms with Gasteiger partial charge in [-0.05, 0) is 30.5 Å². The van der Waals surface area contributed by atoms with Crippen LogP contribution in [0.1, 0.15) is 38.1 Å². The highest BCUT2D eigenvalue weighted by Crippen LogP contribution is 2.21. The van der Waals surface area contributed by atoms with E-state index in [9.17, 15) is 0 Å². The van der Waals surface area contributed by atoms with Gasteiger partial charge in [-0.2, -0.15) is 0 Å². The number of nitrogens with two attached hydrogens (primary N) is 1. The largest absolute Gasteiger partial charge is 0.384 e. The SMILES string of the molecule is CCOCc1nc(N)cc(Nc2cccc(C(C)C)c2)n1. The van der Waals surface area contributed by atoms with E-state index < -0.39 is 0 Å². The molecule has 5 heteroatoms. The van der Waals surface area contributed by atoms with Crippen LogP contribution in [0.5, 0.6) is 0 Å². The van der Waals surface area contributed by atoms with E-state index in [1.807, 2.05) is 19.1 Å². The minimum Gasteiger partial charge on any atom is -0.384 e. The summed E-state index contributed by atoms with van der Waals surface area (Å²) in [5, 5.41) is 3.27. The fraction of sp³-hybridized carbons (Fsp3) is 0.375. The normalized spacial score (nSPS) is 10.9. The smallest absolute Gasteiger partial charge is 0.158 e. The van der Waals surface area contributed by atoms with E-state index in [0.717, 1.165) is 5.69 Å². The molecule has 0 unspecified atom stereocenters. The number of ether oxygens (including phenoxy) is 1. The molecule has 0 amide bonds. The van der Waals surface area contributed by atoms with E-state index in [4.69, 9.17) is 10.5 Å². The fourth-order valence-electron chi connectivity index (χ4n) is 1.96. The molecular weight excluding hydrogens is 264 g/mol. The van der Waals surface area contributed by atoms with Crippen molar-refractivity contribution in [3.05, 3.63) is 41.7 Å². The molecule has 1 heterocycles. The fourth-order valence-corrected chi connectivity index (χ4v) is 1.96. The Labute approximate surface area is 125 Å². The zero-order chi connectivity index (χ0) is 15.2. The number of anilines is 3. The summed E-state index contributed by atoms with van der Waals surface area (Å²) in [6.45, 7) is 7.26. The topological polar surface area (TPSA) is 73.1 Å². The summed E-state index contributed by atoms with van der Waals surface area (Å²) in [7, 11) is 0. The molecule has 1 aromatic carbocycles. The van der Waals surface area contributed by atoms with E-state index in [1.54, 1.807) is 6.07 Å². The third-order valence-electron chi connectivity index (χ3n) is 3.05. The molecule has 0 saturated carbocycles. The number of hydrogen-bond acceptors (Lipinski definition) is 5. The van der Waals surface area contributed by atoms with Crippen LogP contribution in [0.4, 0.5) is 17.3 Å². The lowest BCUT2D eigenvalue weighted by molar-refractivity contribution is 0.128. The first-order chi connectivity index (χ1) is 10.1. The number of hydrogen-bond donors (Lipinski definition) is 2. The number of nitrogen functional groups attached to an aromatic ring is 1. The van der Waals surface area contributed by atoms with E-state index in [2.05, 4.69) is 41.3 Å². The van der Waals surface area contributed by atoms with Gasteiger partial charge in [-0.15, -0.1) is 0 Å². The van der Waals surface area contributed by atoms with E-state index in [-0.39, 0.29) is 0 Å². The van der Waals surface area contributed by atoms with E-state index >= 15 is 0 Å². The van der Waals surface area contributed by atoms with Crippen LogP contribution in [0.2, 0.25) is 0 Å². The van der Waals surface area contributed by atoms with Crippen molar-refractivity contribution in [1.29, 1.82) is 0 Å². The van der Waals surface area contributed by atoms with E-state index in [1.165, 1.54) is 5.56 Å². The van der Waals surface area contributed by atoms with Gasteiger partial charge in [0.05, 0.1) is 0 Å². The summed E-state index contributed by atoms with van der Waals surface area (Å²) < 4.78 is 5.32. The Morgan fingerprint density at radius 1 is 1.24 bits per heavy atom. The van der Waals surface area contributed by atoms with Gasteiger partial charge in [0.25, 0.3) is 0 Å². The Hall–Kier alpha value is -2.14. The second-order valence-electron chi connectivity index (χ2n) is 5.14. The quantitative estimate of drug-likeness (QED) is 0.850. The number of nitrogens with one attached hydrogen (secondary N) is 1. The first-order valence-electron chi connectivity index (χ1n) is 7.16. The van der Waals surface area contributed by atoms with Gasteiger partial charge in [0, 0.05) is 18.4 Å². The monoisotopic (exact) mass is 286 g/mol. The summed E-state index contributed by atoms with van der Waals surface area (Å²) >= 11 is 0. The molecule has 0 spiro atoms. The summed E-state index contributed by atoms with van der Waals surface area (Å²) in [6.07, 6.45) is 0. The molecule has 0 aliphatic heterocycles. The molecule has 0 bridgehead atoms. The van der Waals surface area contributed by atoms with Gasteiger partial charge in [-0.25, -0.2) is 9.97 Å². The lowest BCUT2D eigenvalue weighted by Gasteiger charge is -2.11. The maximum Gasteiger partial charge on any atom is 0.158 e. The molecule has 5 nitrogen and oxygen atoms in total. The zero-order valence-electron chi connectivity index (χ0n) is 12.8. The first kappa shape index (κ1) is 15.3. The van der Waals surface area contributed by atoms with Crippen LogP contribution in [-0.4, -0.2) is 16.6 Å². The molecule has 2 aromatic rings. The van der Waals surface area contributed by atoms with Crippen LogP contribution in [0.3, 0.4) is 0 Å². The lowest BCUT2D eigenvalue weighted by Crippen LogP contribution is -2.05. The number of nitrogens with zero attached hydrogens (tertiary/aromatic N) is 2. The summed E-state index contributed by atoms with van der Waals surface area (Å²) in [5.74, 6) is 2.18. The van der Waals surface area contributed by atoms with Gasteiger partial charge in [0.15, 0.2) is 5.82 Å². The van der Waals surface area contributed by atoms with Gasteiger partial charge in [0.2, 0.25) is 0 Å². The van der Waals surface area contributed by atoms with Crippen LogP contribution in [0.15, 0.2) is 30.3 Å². The molecule has 2 rings (SSSR count). The highest BCUT2D eigenvalue weighted by molar-refractivity contribution is 5.59. The van der Waals surface area contributed by atoms with Crippen LogP contribution in [0.25, 0.3) is 0 Å². The number of aromatic nitrogens is 2. The molecule has 0 atom stereocenters. The first-order valence-corrected chi connectivity index (χ1v) is 7.16. The standard InChI is InChI=1S/C16H22N4O/c1-4-21-10-16-19-14(17)9-15(20-16)18-13-7-5-6-12(8-13)11(2)3/h5-9,11H,4,10H2,1-3H3,(H3,17,18,19,20). The number of rotatable bonds is 6. The highest BCUT2D eigenvalue weighted by Gasteiger charge is 2.05. The molecular formula is C16H22N4O. The second kappa shape index (κ2) is 7.04.